The number of imidazole rings is 1. The summed E-state index contributed by atoms with van der Waals surface area (Å²) < 4.78 is 1.01. The second-order valence-electron chi connectivity index (χ2n) is 4.36. The molecule has 2 aromatic carbocycles. The highest BCUT2D eigenvalue weighted by Crippen LogP contribution is 2.27. The normalized spacial score (nSPS) is 10.6. The van der Waals surface area contributed by atoms with E-state index in [1.54, 1.807) is 6.07 Å². The van der Waals surface area contributed by atoms with Crippen LogP contribution in [-0.2, 0) is 0 Å². The predicted molar refractivity (Wildman–Crippen MR) is 78.7 cm³/mol. The Morgan fingerprint density at radius 2 is 2.11 bits per heavy atom. The van der Waals surface area contributed by atoms with Crippen molar-refractivity contribution in [2.75, 3.05) is 0 Å². The van der Waals surface area contributed by atoms with E-state index in [1.807, 2.05) is 37.3 Å². The van der Waals surface area contributed by atoms with Gasteiger partial charge >= 0.3 is 0 Å². The number of aryl methyl sites for hydroxylation is 1. The molecule has 0 aliphatic heterocycles. The van der Waals surface area contributed by atoms with E-state index in [4.69, 9.17) is 5.26 Å². The van der Waals surface area contributed by atoms with Gasteiger partial charge in [-0.3, -0.25) is 0 Å². The monoisotopic (exact) mass is 311 g/mol. The first-order valence-corrected chi connectivity index (χ1v) is 6.63. The number of rotatable bonds is 1. The standard InChI is InChI=1S/C15H10BrN3/c1-9-5-6-11(16)7-12(9)15-18-13-4-2-3-10(8-17)14(13)19-15/h2-7H,1H3,(H,18,19). The summed E-state index contributed by atoms with van der Waals surface area (Å²) in [5, 5.41) is 9.10. The van der Waals surface area contributed by atoms with Gasteiger partial charge in [0.25, 0.3) is 0 Å². The number of nitriles is 1. The first kappa shape index (κ1) is 11.9. The first-order chi connectivity index (χ1) is 9.19. The maximum atomic E-state index is 9.10. The van der Waals surface area contributed by atoms with Crippen LogP contribution in [0.2, 0.25) is 0 Å². The molecule has 1 N–H and O–H groups in total. The molecule has 1 aromatic heterocycles. The third-order valence-electron chi connectivity index (χ3n) is 3.09. The number of para-hydroxylation sites is 1. The van der Waals surface area contributed by atoms with Gasteiger partial charge in [0.05, 0.1) is 11.1 Å². The lowest BCUT2D eigenvalue weighted by Gasteiger charge is -2.02. The summed E-state index contributed by atoms with van der Waals surface area (Å²) in [6, 6.07) is 13.8. The van der Waals surface area contributed by atoms with Crippen molar-refractivity contribution >= 4 is 27.0 Å². The van der Waals surface area contributed by atoms with Crippen LogP contribution in [0.1, 0.15) is 11.1 Å². The Morgan fingerprint density at radius 1 is 1.26 bits per heavy atom. The number of benzene rings is 2. The fourth-order valence-corrected chi connectivity index (χ4v) is 2.46. The lowest BCUT2D eigenvalue weighted by atomic mass is 10.1. The maximum absolute atomic E-state index is 9.10. The quantitative estimate of drug-likeness (QED) is 0.733. The molecule has 0 saturated heterocycles. The minimum atomic E-state index is 0.590. The van der Waals surface area contributed by atoms with E-state index < -0.39 is 0 Å². The number of nitrogens with zero attached hydrogens (tertiary/aromatic N) is 2. The third-order valence-corrected chi connectivity index (χ3v) is 3.58. The van der Waals surface area contributed by atoms with Crippen LogP contribution in [0.3, 0.4) is 0 Å². The van der Waals surface area contributed by atoms with E-state index in [-0.39, 0.29) is 0 Å². The van der Waals surface area contributed by atoms with E-state index >= 15 is 0 Å². The minimum absolute atomic E-state index is 0.590. The molecule has 3 rings (SSSR count). The fraction of sp³-hybridized carbons (Fsp3) is 0.0667. The smallest absolute Gasteiger partial charge is 0.138 e. The number of hydrogen-bond acceptors (Lipinski definition) is 2. The maximum Gasteiger partial charge on any atom is 0.138 e. The summed E-state index contributed by atoms with van der Waals surface area (Å²) in [4.78, 5) is 7.83. The molecule has 0 saturated carbocycles. The molecule has 3 aromatic rings. The van der Waals surface area contributed by atoms with Crippen molar-refractivity contribution in [2.45, 2.75) is 6.92 Å². The molecule has 92 valence electrons. The number of hydrogen-bond donors (Lipinski definition) is 1. The highest BCUT2D eigenvalue weighted by molar-refractivity contribution is 9.10. The minimum Gasteiger partial charge on any atom is -0.338 e. The van der Waals surface area contributed by atoms with Crippen molar-refractivity contribution in [3.63, 3.8) is 0 Å². The number of H-pyrrole nitrogens is 1. The Balaban J connectivity index is 2.27. The predicted octanol–water partition coefficient (Wildman–Crippen LogP) is 4.17. The highest BCUT2D eigenvalue weighted by atomic mass is 79.9. The number of fused-ring (bicyclic) bond motifs is 1. The van der Waals surface area contributed by atoms with Crippen LogP contribution in [0.4, 0.5) is 0 Å². The molecule has 0 bridgehead atoms. The number of nitrogens with one attached hydrogen (secondary N) is 1. The summed E-state index contributed by atoms with van der Waals surface area (Å²) in [6.45, 7) is 2.04. The number of halogens is 1. The molecule has 19 heavy (non-hydrogen) atoms. The van der Waals surface area contributed by atoms with Gasteiger partial charge in [0, 0.05) is 10.0 Å². The molecule has 0 radical (unpaired) electrons. The Morgan fingerprint density at radius 3 is 2.89 bits per heavy atom. The zero-order valence-electron chi connectivity index (χ0n) is 10.2. The van der Waals surface area contributed by atoms with E-state index in [1.165, 1.54) is 0 Å². The lowest BCUT2D eigenvalue weighted by molar-refractivity contribution is 1.30. The summed E-state index contributed by atoms with van der Waals surface area (Å²) in [5.74, 6) is 0.788. The van der Waals surface area contributed by atoms with Crippen molar-refractivity contribution in [2.24, 2.45) is 0 Å². The molecule has 1 heterocycles. The SMILES string of the molecule is Cc1ccc(Br)cc1-c1nc2c(C#N)cccc2[nH]1. The first-order valence-electron chi connectivity index (χ1n) is 5.84. The molecule has 0 aliphatic rings. The molecule has 0 fully saturated rings. The van der Waals surface area contributed by atoms with Gasteiger partial charge in [0.15, 0.2) is 0 Å². The van der Waals surface area contributed by atoms with Gasteiger partial charge in [-0.1, -0.05) is 28.1 Å². The van der Waals surface area contributed by atoms with Crippen molar-refractivity contribution in [3.8, 4) is 17.5 Å². The molecule has 4 heteroatoms. The third kappa shape index (κ3) is 2.02. The van der Waals surface area contributed by atoms with Crippen LogP contribution in [0.5, 0.6) is 0 Å². The summed E-state index contributed by atoms with van der Waals surface area (Å²) in [7, 11) is 0. The number of aromatic nitrogens is 2. The lowest BCUT2D eigenvalue weighted by Crippen LogP contribution is -1.85. The summed E-state index contributed by atoms with van der Waals surface area (Å²) >= 11 is 3.47. The van der Waals surface area contributed by atoms with Gasteiger partial charge in [0.2, 0.25) is 0 Å². The summed E-state index contributed by atoms with van der Waals surface area (Å²) in [6.07, 6.45) is 0. The average Bonchev–Trinajstić information content (AvgIpc) is 2.85. The molecule has 0 spiro atoms. The van der Waals surface area contributed by atoms with Gasteiger partial charge in [-0.25, -0.2) is 4.98 Å². The molecule has 0 unspecified atom stereocenters. The Kier molecular flexibility index (Phi) is 2.84. The molecule has 0 amide bonds. The average molecular weight is 312 g/mol. The second-order valence-corrected chi connectivity index (χ2v) is 5.27. The molecule has 0 aliphatic carbocycles. The van der Waals surface area contributed by atoms with E-state index in [9.17, 15) is 0 Å². The van der Waals surface area contributed by atoms with Gasteiger partial charge in [-0.15, -0.1) is 0 Å². The Bertz CT molecular complexity index is 812. The van der Waals surface area contributed by atoms with Crippen molar-refractivity contribution in [1.82, 2.24) is 9.97 Å². The van der Waals surface area contributed by atoms with Crippen LogP contribution in [0.25, 0.3) is 22.4 Å². The van der Waals surface area contributed by atoms with Crippen LogP contribution in [0, 0.1) is 18.3 Å². The van der Waals surface area contributed by atoms with E-state index in [2.05, 4.69) is 32.0 Å². The highest BCUT2D eigenvalue weighted by Gasteiger charge is 2.10. The topological polar surface area (TPSA) is 52.5 Å². The molecule has 0 atom stereocenters. The summed E-state index contributed by atoms with van der Waals surface area (Å²) in [5.41, 5.74) is 4.37. The van der Waals surface area contributed by atoms with Crippen LogP contribution in [-0.4, -0.2) is 9.97 Å². The second kappa shape index (κ2) is 4.52. The van der Waals surface area contributed by atoms with E-state index in [0.29, 0.717) is 5.56 Å². The molecule has 3 nitrogen and oxygen atoms in total. The number of aromatic amines is 1. The molecular formula is C15H10BrN3. The van der Waals surface area contributed by atoms with Crippen molar-refractivity contribution < 1.29 is 0 Å². The zero-order valence-corrected chi connectivity index (χ0v) is 11.8. The van der Waals surface area contributed by atoms with Gasteiger partial charge in [-0.05, 0) is 36.8 Å². The van der Waals surface area contributed by atoms with Gasteiger partial charge in [-0.2, -0.15) is 5.26 Å². The van der Waals surface area contributed by atoms with Gasteiger partial charge < -0.3 is 4.98 Å². The van der Waals surface area contributed by atoms with Crippen molar-refractivity contribution in [3.05, 3.63) is 52.0 Å². The van der Waals surface area contributed by atoms with Crippen LogP contribution >= 0.6 is 15.9 Å². The zero-order chi connectivity index (χ0) is 13.4. The van der Waals surface area contributed by atoms with E-state index in [0.717, 1.165) is 32.5 Å². The largest absolute Gasteiger partial charge is 0.338 e. The van der Waals surface area contributed by atoms with Crippen molar-refractivity contribution in [1.29, 1.82) is 5.26 Å². The van der Waals surface area contributed by atoms with Crippen LogP contribution in [0.15, 0.2) is 40.9 Å². The fourth-order valence-electron chi connectivity index (χ4n) is 2.10. The Labute approximate surface area is 119 Å². The van der Waals surface area contributed by atoms with Crippen LogP contribution < -0.4 is 0 Å². The van der Waals surface area contributed by atoms with Gasteiger partial charge in [0.1, 0.15) is 17.4 Å². The molecular weight excluding hydrogens is 302 g/mol. The Hall–Kier alpha value is -2.12.